The van der Waals surface area contributed by atoms with Gasteiger partial charge in [0.2, 0.25) is 0 Å². The molecule has 2 aliphatic carbocycles. The van der Waals surface area contributed by atoms with Crippen molar-refractivity contribution in [3.05, 3.63) is 22.7 Å². The van der Waals surface area contributed by atoms with Gasteiger partial charge in [-0.05, 0) is 32.1 Å². The first kappa shape index (κ1) is 11.0. The zero-order chi connectivity index (χ0) is 10.8. The standard InChI is InChI=1S/C14H23B/c1-4-15(11(2)3)14-9-8-12-6-5-7-13(12)10-14/h9,11H,4-8,10H2,1-3H3. The Labute approximate surface area is 94.9 Å². The van der Waals surface area contributed by atoms with Crippen molar-refractivity contribution in [3.8, 4) is 0 Å². The summed E-state index contributed by atoms with van der Waals surface area (Å²) in [7, 11) is 0. The van der Waals surface area contributed by atoms with Crippen LogP contribution in [0.3, 0.4) is 0 Å². The van der Waals surface area contributed by atoms with E-state index in [4.69, 9.17) is 0 Å². The fraction of sp³-hybridized carbons (Fsp3) is 0.714. The van der Waals surface area contributed by atoms with Gasteiger partial charge in [-0.15, -0.1) is 5.47 Å². The van der Waals surface area contributed by atoms with E-state index in [2.05, 4.69) is 26.8 Å². The number of hydrogen-bond donors (Lipinski definition) is 0. The lowest BCUT2D eigenvalue weighted by Crippen LogP contribution is -2.21. The molecular formula is C14H23B. The van der Waals surface area contributed by atoms with E-state index in [1.807, 2.05) is 0 Å². The fourth-order valence-corrected chi connectivity index (χ4v) is 3.35. The van der Waals surface area contributed by atoms with Crippen LogP contribution in [0.2, 0.25) is 12.1 Å². The van der Waals surface area contributed by atoms with Crippen LogP contribution in [0.25, 0.3) is 0 Å². The van der Waals surface area contributed by atoms with Crippen LogP contribution < -0.4 is 0 Å². The van der Waals surface area contributed by atoms with Gasteiger partial charge in [-0.1, -0.05) is 50.1 Å². The normalized spacial score (nSPS) is 20.7. The molecular weight excluding hydrogens is 179 g/mol. The molecule has 0 radical (unpaired) electrons. The van der Waals surface area contributed by atoms with Crippen LogP contribution in [-0.4, -0.2) is 6.71 Å². The van der Waals surface area contributed by atoms with Crippen LogP contribution in [-0.2, 0) is 0 Å². The van der Waals surface area contributed by atoms with E-state index in [9.17, 15) is 0 Å². The quantitative estimate of drug-likeness (QED) is 0.461. The van der Waals surface area contributed by atoms with Gasteiger partial charge in [-0.25, -0.2) is 0 Å². The van der Waals surface area contributed by atoms with E-state index in [0.29, 0.717) is 0 Å². The first-order valence-electron chi connectivity index (χ1n) is 6.61. The highest BCUT2D eigenvalue weighted by atomic mass is 14.2. The van der Waals surface area contributed by atoms with Gasteiger partial charge in [0.1, 0.15) is 0 Å². The van der Waals surface area contributed by atoms with Crippen molar-refractivity contribution in [1.82, 2.24) is 0 Å². The maximum absolute atomic E-state index is 2.54. The highest BCUT2D eigenvalue weighted by Gasteiger charge is 2.26. The summed E-state index contributed by atoms with van der Waals surface area (Å²) in [4.78, 5) is 0. The molecule has 0 bridgehead atoms. The molecule has 0 aromatic rings. The van der Waals surface area contributed by atoms with E-state index in [1.165, 1.54) is 38.4 Å². The second kappa shape index (κ2) is 4.59. The van der Waals surface area contributed by atoms with Crippen molar-refractivity contribution in [3.63, 3.8) is 0 Å². The van der Waals surface area contributed by atoms with Crippen molar-refractivity contribution in [1.29, 1.82) is 0 Å². The molecule has 0 aliphatic heterocycles. The summed E-state index contributed by atoms with van der Waals surface area (Å²) >= 11 is 0. The van der Waals surface area contributed by atoms with Crippen molar-refractivity contribution in [2.45, 2.75) is 65.0 Å². The summed E-state index contributed by atoms with van der Waals surface area (Å²) in [6, 6.07) is 0. The van der Waals surface area contributed by atoms with E-state index in [1.54, 1.807) is 16.6 Å². The van der Waals surface area contributed by atoms with Crippen LogP contribution in [0.15, 0.2) is 22.7 Å². The van der Waals surface area contributed by atoms with Crippen LogP contribution in [0.4, 0.5) is 0 Å². The third-order valence-electron chi connectivity index (χ3n) is 4.21. The highest BCUT2D eigenvalue weighted by Crippen LogP contribution is 2.38. The summed E-state index contributed by atoms with van der Waals surface area (Å²) < 4.78 is 0. The number of rotatable bonds is 3. The van der Waals surface area contributed by atoms with Crippen LogP contribution >= 0.6 is 0 Å². The molecule has 2 aliphatic rings. The SMILES string of the molecule is CCB(C1=CCC2=C(CCC2)C1)C(C)C. The Morgan fingerprint density at radius 3 is 2.67 bits per heavy atom. The first-order valence-corrected chi connectivity index (χ1v) is 6.61. The van der Waals surface area contributed by atoms with Gasteiger partial charge >= 0.3 is 0 Å². The zero-order valence-electron chi connectivity index (χ0n) is 10.5. The van der Waals surface area contributed by atoms with E-state index >= 15 is 0 Å². The summed E-state index contributed by atoms with van der Waals surface area (Å²) in [5.41, 5.74) is 5.32. The van der Waals surface area contributed by atoms with E-state index < -0.39 is 0 Å². The molecule has 2 rings (SSSR count). The molecule has 0 amide bonds. The molecule has 0 saturated carbocycles. The third kappa shape index (κ3) is 2.22. The molecule has 0 saturated heterocycles. The summed E-state index contributed by atoms with van der Waals surface area (Å²) in [6.07, 6.45) is 10.6. The smallest absolute Gasteiger partial charge is 0.100 e. The van der Waals surface area contributed by atoms with Gasteiger partial charge in [-0.2, -0.15) is 0 Å². The largest absolute Gasteiger partial charge is 0.172 e. The third-order valence-corrected chi connectivity index (χ3v) is 4.21. The molecule has 0 heterocycles. The minimum absolute atomic E-state index is 0.810. The van der Waals surface area contributed by atoms with Gasteiger partial charge in [-0.3, -0.25) is 0 Å². The van der Waals surface area contributed by atoms with Gasteiger partial charge in [0.25, 0.3) is 0 Å². The molecule has 0 aromatic carbocycles. The molecule has 0 aromatic heterocycles. The second-order valence-corrected chi connectivity index (χ2v) is 5.48. The average Bonchev–Trinajstić information content (AvgIpc) is 2.65. The Morgan fingerprint density at radius 2 is 2.00 bits per heavy atom. The Morgan fingerprint density at radius 1 is 1.27 bits per heavy atom. The van der Waals surface area contributed by atoms with Crippen molar-refractivity contribution < 1.29 is 0 Å². The van der Waals surface area contributed by atoms with Gasteiger partial charge in [0.15, 0.2) is 6.71 Å². The highest BCUT2D eigenvalue weighted by molar-refractivity contribution is 6.68. The lowest BCUT2D eigenvalue weighted by Gasteiger charge is -2.24. The van der Waals surface area contributed by atoms with Gasteiger partial charge in [0.05, 0.1) is 0 Å². The molecule has 0 atom stereocenters. The fourth-order valence-electron chi connectivity index (χ4n) is 3.35. The predicted molar refractivity (Wildman–Crippen MR) is 69.5 cm³/mol. The maximum atomic E-state index is 2.54. The van der Waals surface area contributed by atoms with E-state index in [0.717, 1.165) is 12.5 Å². The summed E-state index contributed by atoms with van der Waals surface area (Å²) in [5, 5.41) is 0. The Hall–Kier alpha value is -0.455. The maximum Gasteiger partial charge on any atom is 0.172 e. The average molecular weight is 202 g/mol. The minimum atomic E-state index is 0.810. The monoisotopic (exact) mass is 202 g/mol. The molecule has 15 heavy (non-hydrogen) atoms. The van der Waals surface area contributed by atoms with Crippen LogP contribution in [0.5, 0.6) is 0 Å². The van der Waals surface area contributed by atoms with Crippen molar-refractivity contribution in [2.75, 3.05) is 0 Å². The van der Waals surface area contributed by atoms with Gasteiger partial charge in [0, 0.05) is 0 Å². The minimum Gasteiger partial charge on any atom is -0.100 e. The molecule has 82 valence electrons. The first-order chi connectivity index (χ1) is 7.22. The Balaban J connectivity index is 2.06. The lowest BCUT2D eigenvalue weighted by atomic mass is 9.35. The zero-order valence-corrected chi connectivity index (χ0v) is 10.5. The molecule has 0 nitrogen and oxygen atoms in total. The Kier molecular flexibility index (Phi) is 3.38. The molecule has 0 fully saturated rings. The van der Waals surface area contributed by atoms with Crippen LogP contribution in [0.1, 0.15) is 52.9 Å². The Bertz CT molecular complexity index is 296. The lowest BCUT2D eigenvalue weighted by molar-refractivity contribution is 0.881. The van der Waals surface area contributed by atoms with Crippen molar-refractivity contribution in [2.24, 2.45) is 0 Å². The predicted octanol–water partition coefficient (Wildman–Crippen LogP) is 4.65. The number of allylic oxidation sites excluding steroid dienone is 4. The summed E-state index contributed by atoms with van der Waals surface area (Å²) in [6.45, 7) is 7.91. The van der Waals surface area contributed by atoms with Crippen molar-refractivity contribution >= 4 is 6.71 Å². The molecule has 0 N–H and O–H groups in total. The molecule has 0 unspecified atom stereocenters. The summed E-state index contributed by atoms with van der Waals surface area (Å²) in [5.74, 6) is 0.810. The molecule has 1 heteroatoms. The molecule has 0 spiro atoms. The van der Waals surface area contributed by atoms with E-state index in [-0.39, 0.29) is 0 Å². The van der Waals surface area contributed by atoms with Gasteiger partial charge < -0.3 is 0 Å². The van der Waals surface area contributed by atoms with Crippen LogP contribution in [0, 0.1) is 0 Å². The topological polar surface area (TPSA) is 0 Å². The number of hydrogen-bond acceptors (Lipinski definition) is 0. The second-order valence-electron chi connectivity index (χ2n) is 5.48.